The van der Waals surface area contributed by atoms with Gasteiger partial charge >= 0.3 is 0 Å². The minimum Gasteiger partial charge on any atom is -0.304 e. The molecule has 1 aromatic heterocycles. The monoisotopic (exact) mass is 344 g/mol. The Kier molecular flexibility index (Phi) is 4.30. The van der Waals surface area contributed by atoms with Crippen LogP contribution in [0.2, 0.25) is 0 Å². The molecule has 3 heterocycles. The Labute approximate surface area is 146 Å². The Balaban J connectivity index is 1.46. The van der Waals surface area contributed by atoms with Gasteiger partial charge in [-0.05, 0) is 26.0 Å². The molecule has 8 nitrogen and oxygen atoms in total. The number of non-ortho nitro benzene ring substituents is 1. The number of likely N-dealkylation sites (N-methyl/N-ethyl adjacent to an activating group) is 1. The number of nitro groups is 1. The quantitative estimate of drug-likeness (QED) is 0.617. The van der Waals surface area contributed by atoms with Crippen molar-refractivity contribution in [3.8, 4) is 0 Å². The van der Waals surface area contributed by atoms with Crippen LogP contribution in [0.25, 0.3) is 10.9 Å². The number of nitro benzene ring substituents is 1. The highest BCUT2D eigenvalue weighted by Crippen LogP contribution is 2.23. The molecule has 2 aliphatic heterocycles. The van der Waals surface area contributed by atoms with E-state index in [9.17, 15) is 10.1 Å². The Morgan fingerprint density at radius 1 is 1.12 bits per heavy atom. The van der Waals surface area contributed by atoms with Gasteiger partial charge in [-0.25, -0.2) is 0 Å². The van der Waals surface area contributed by atoms with Crippen LogP contribution in [0.5, 0.6) is 0 Å². The number of piperazine rings is 1. The zero-order valence-corrected chi connectivity index (χ0v) is 14.5. The summed E-state index contributed by atoms with van der Waals surface area (Å²) in [6.45, 7) is 6.45. The van der Waals surface area contributed by atoms with Crippen molar-refractivity contribution in [1.82, 2.24) is 19.7 Å². The lowest BCUT2D eigenvalue weighted by Crippen LogP contribution is -2.54. The van der Waals surface area contributed by atoms with Gasteiger partial charge in [0.1, 0.15) is 0 Å². The number of benzene rings is 1. The summed E-state index contributed by atoms with van der Waals surface area (Å²) in [4.78, 5) is 17.5. The van der Waals surface area contributed by atoms with Gasteiger partial charge in [0, 0.05) is 62.8 Å². The van der Waals surface area contributed by atoms with Gasteiger partial charge in [0.05, 0.1) is 16.6 Å². The van der Waals surface area contributed by atoms with Crippen LogP contribution < -0.4 is 5.01 Å². The van der Waals surface area contributed by atoms with Gasteiger partial charge in [-0.15, -0.1) is 0 Å². The Hall–Kier alpha value is -2.19. The minimum absolute atomic E-state index is 0.113. The first-order valence-corrected chi connectivity index (χ1v) is 8.92. The summed E-state index contributed by atoms with van der Waals surface area (Å²) in [6, 6.07) is 5.57. The largest absolute Gasteiger partial charge is 0.304 e. The Morgan fingerprint density at radius 3 is 2.52 bits per heavy atom. The predicted octanol–water partition coefficient (Wildman–Crippen LogP) is 1.29. The maximum atomic E-state index is 11.0. The highest BCUT2D eigenvalue weighted by Gasteiger charge is 2.27. The van der Waals surface area contributed by atoms with Crippen molar-refractivity contribution in [2.24, 2.45) is 0 Å². The van der Waals surface area contributed by atoms with Gasteiger partial charge in [0.25, 0.3) is 5.69 Å². The fraction of sp³-hybridized carbons (Fsp3) is 0.588. The normalized spacial score (nSPS) is 21.1. The van der Waals surface area contributed by atoms with Crippen LogP contribution in [0.15, 0.2) is 24.4 Å². The molecule has 4 rings (SSSR count). The fourth-order valence-electron chi connectivity index (χ4n) is 3.93. The average Bonchev–Trinajstić information content (AvgIpc) is 3.05. The van der Waals surface area contributed by atoms with Gasteiger partial charge < -0.3 is 4.90 Å². The van der Waals surface area contributed by atoms with Crippen molar-refractivity contribution >= 4 is 16.6 Å². The molecule has 0 amide bonds. The number of fused-ring (bicyclic) bond motifs is 1. The Bertz CT molecular complexity index is 760. The zero-order valence-electron chi connectivity index (χ0n) is 14.5. The van der Waals surface area contributed by atoms with E-state index in [-0.39, 0.29) is 10.6 Å². The SMILES string of the molecule is CN1CCN(C2CCN(n3ncc4ccc([N+](=O)[O-])cc43)CC2)CC1. The van der Waals surface area contributed by atoms with E-state index in [0.717, 1.165) is 63.0 Å². The summed E-state index contributed by atoms with van der Waals surface area (Å²) in [5, 5.41) is 18.7. The Morgan fingerprint density at radius 2 is 1.84 bits per heavy atom. The number of hydrogen-bond acceptors (Lipinski definition) is 6. The molecule has 0 N–H and O–H groups in total. The summed E-state index contributed by atoms with van der Waals surface area (Å²) in [5.74, 6) is 0. The second-order valence-electron chi connectivity index (χ2n) is 7.06. The molecule has 2 aromatic rings. The summed E-state index contributed by atoms with van der Waals surface area (Å²) in [7, 11) is 2.18. The van der Waals surface area contributed by atoms with Crippen LogP contribution in [0.3, 0.4) is 0 Å². The molecule has 0 saturated carbocycles. The van der Waals surface area contributed by atoms with Crippen molar-refractivity contribution < 1.29 is 4.92 Å². The summed E-state index contributed by atoms with van der Waals surface area (Å²) < 4.78 is 0. The minimum atomic E-state index is -0.351. The molecule has 8 heteroatoms. The lowest BCUT2D eigenvalue weighted by atomic mass is 10.0. The molecule has 134 valence electrons. The van der Waals surface area contributed by atoms with Crippen LogP contribution in [0, 0.1) is 10.1 Å². The number of aromatic nitrogens is 2. The smallest absolute Gasteiger partial charge is 0.271 e. The highest BCUT2D eigenvalue weighted by molar-refractivity contribution is 5.81. The molecule has 25 heavy (non-hydrogen) atoms. The summed E-state index contributed by atoms with van der Waals surface area (Å²) >= 11 is 0. The van der Waals surface area contributed by atoms with Crippen LogP contribution >= 0.6 is 0 Å². The predicted molar refractivity (Wildman–Crippen MR) is 96.4 cm³/mol. The number of rotatable bonds is 3. The van der Waals surface area contributed by atoms with Gasteiger partial charge in [0.15, 0.2) is 0 Å². The van der Waals surface area contributed by atoms with Gasteiger partial charge in [-0.3, -0.25) is 20.0 Å². The average molecular weight is 344 g/mol. The summed E-state index contributed by atoms with van der Waals surface area (Å²) in [5.41, 5.74) is 0.925. The molecule has 2 fully saturated rings. The lowest BCUT2D eigenvalue weighted by molar-refractivity contribution is -0.384. The molecule has 2 aliphatic rings. The van der Waals surface area contributed by atoms with E-state index in [1.165, 1.54) is 6.07 Å². The standard InChI is InChI=1S/C17H24N6O2/c1-19-8-10-20(11-9-19)15-4-6-21(7-5-15)22-17-12-16(23(24)25)3-2-14(17)13-18-22/h2-3,12-13,15H,4-11H2,1H3. The molecular formula is C17H24N6O2. The molecule has 2 saturated heterocycles. The number of nitrogens with zero attached hydrogens (tertiary/aromatic N) is 6. The van der Waals surface area contributed by atoms with E-state index in [1.807, 2.05) is 4.79 Å². The second kappa shape index (κ2) is 6.61. The molecule has 0 aliphatic carbocycles. The van der Waals surface area contributed by atoms with E-state index < -0.39 is 0 Å². The second-order valence-corrected chi connectivity index (χ2v) is 7.06. The third kappa shape index (κ3) is 3.19. The first kappa shape index (κ1) is 16.3. The molecule has 1 aromatic carbocycles. The van der Waals surface area contributed by atoms with Gasteiger partial charge in [-0.1, -0.05) is 0 Å². The molecule has 0 spiro atoms. The zero-order chi connectivity index (χ0) is 17.4. The first-order valence-electron chi connectivity index (χ1n) is 8.92. The van der Waals surface area contributed by atoms with Crippen LogP contribution in [-0.2, 0) is 0 Å². The van der Waals surface area contributed by atoms with Gasteiger partial charge in [0.2, 0.25) is 0 Å². The molecule has 0 bridgehead atoms. The topological polar surface area (TPSA) is 70.7 Å². The third-order valence-corrected chi connectivity index (χ3v) is 5.51. The van der Waals surface area contributed by atoms with E-state index >= 15 is 0 Å². The van der Waals surface area contributed by atoms with E-state index in [1.54, 1.807) is 18.3 Å². The van der Waals surface area contributed by atoms with E-state index in [2.05, 4.69) is 27.0 Å². The van der Waals surface area contributed by atoms with E-state index in [0.29, 0.717) is 6.04 Å². The van der Waals surface area contributed by atoms with Crippen molar-refractivity contribution in [3.05, 3.63) is 34.5 Å². The van der Waals surface area contributed by atoms with Crippen molar-refractivity contribution in [2.45, 2.75) is 18.9 Å². The van der Waals surface area contributed by atoms with Crippen molar-refractivity contribution in [3.63, 3.8) is 0 Å². The van der Waals surface area contributed by atoms with E-state index in [4.69, 9.17) is 0 Å². The van der Waals surface area contributed by atoms with Crippen molar-refractivity contribution in [2.75, 3.05) is 51.3 Å². The molecule has 0 radical (unpaired) electrons. The van der Waals surface area contributed by atoms with Crippen LogP contribution in [0.1, 0.15) is 12.8 Å². The number of hydrogen-bond donors (Lipinski definition) is 0. The van der Waals surface area contributed by atoms with Crippen LogP contribution in [-0.4, -0.2) is 77.0 Å². The molecule has 0 unspecified atom stereocenters. The third-order valence-electron chi connectivity index (χ3n) is 5.51. The maximum Gasteiger partial charge on any atom is 0.271 e. The fourth-order valence-corrected chi connectivity index (χ4v) is 3.93. The molecular weight excluding hydrogens is 320 g/mol. The highest BCUT2D eigenvalue weighted by atomic mass is 16.6. The first-order chi connectivity index (χ1) is 12.1. The lowest BCUT2D eigenvalue weighted by Gasteiger charge is -2.42. The van der Waals surface area contributed by atoms with Crippen LogP contribution in [0.4, 0.5) is 5.69 Å². The van der Waals surface area contributed by atoms with Crippen molar-refractivity contribution in [1.29, 1.82) is 0 Å². The maximum absolute atomic E-state index is 11.0. The van der Waals surface area contributed by atoms with Gasteiger partial charge in [-0.2, -0.15) is 9.89 Å². The number of piperidine rings is 1. The molecule has 0 atom stereocenters. The summed E-state index contributed by atoms with van der Waals surface area (Å²) in [6.07, 6.45) is 4.01.